The minimum Gasteiger partial charge on any atom is -0.378 e. The number of rotatable bonds is 4. The Balaban J connectivity index is 1.55. The molecule has 134 valence electrons. The first-order valence-corrected chi connectivity index (χ1v) is 9.06. The molecule has 1 aliphatic rings. The maximum atomic E-state index is 12.7. The molecule has 2 aromatic carbocycles. The van der Waals surface area contributed by atoms with Gasteiger partial charge in [-0.2, -0.15) is 0 Å². The van der Waals surface area contributed by atoms with Crippen LogP contribution in [0.15, 0.2) is 48.7 Å². The number of benzene rings is 2. The third kappa shape index (κ3) is 3.41. The average Bonchev–Trinajstić information content (AvgIpc) is 3.05. The van der Waals surface area contributed by atoms with Crippen molar-refractivity contribution in [3.63, 3.8) is 0 Å². The van der Waals surface area contributed by atoms with E-state index >= 15 is 0 Å². The number of nitrogens with zero attached hydrogens (tertiary/aromatic N) is 1. The Kier molecular flexibility index (Phi) is 4.82. The summed E-state index contributed by atoms with van der Waals surface area (Å²) in [5.74, 6) is -0.0634. The lowest BCUT2D eigenvalue weighted by molar-refractivity contribution is -0.115. The van der Waals surface area contributed by atoms with E-state index < -0.39 is 0 Å². The molecule has 2 N–H and O–H groups in total. The molecule has 1 aromatic heterocycles. The summed E-state index contributed by atoms with van der Waals surface area (Å²) in [5, 5.41) is 4.74. The molecular formula is C20H20ClN3O2. The van der Waals surface area contributed by atoms with Crippen molar-refractivity contribution in [3.8, 4) is 0 Å². The number of halogens is 1. The normalized spacial score (nSPS) is 14.6. The Morgan fingerprint density at radius 2 is 1.96 bits per heavy atom. The van der Waals surface area contributed by atoms with Gasteiger partial charge in [-0.25, -0.2) is 0 Å². The second kappa shape index (κ2) is 7.40. The van der Waals surface area contributed by atoms with Gasteiger partial charge in [-0.05, 0) is 23.8 Å². The smallest absolute Gasteiger partial charge is 0.228 e. The van der Waals surface area contributed by atoms with Gasteiger partial charge in [0.15, 0.2) is 0 Å². The van der Waals surface area contributed by atoms with Crippen molar-refractivity contribution in [2.24, 2.45) is 0 Å². The number of aromatic amines is 1. The average molecular weight is 370 g/mol. The molecule has 0 atom stereocenters. The van der Waals surface area contributed by atoms with E-state index in [4.69, 9.17) is 16.3 Å². The standard InChI is InChI=1S/C20H20ClN3O2/c21-16-5-3-7-18(20(16)24-8-10-26-11-9-24)23-19(25)12-14-13-22-17-6-2-1-4-15(14)17/h1-7,13,22H,8-12H2,(H,23,25). The number of amides is 1. The zero-order valence-electron chi connectivity index (χ0n) is 14.3. The molecule has 2 heterocycles. The first kappa shape index (κ1) is 16.9. The van der Waals surface area contributed by atoms with Gasteiger partial charge >= 0.3 is 0 Å². The molecule has 6 heteroatoms. The third-order valence-corrected chi connectivity index (χ3v) is 4.92. The van der Waals surface area contributed by atoms with Gasteiger partial charge in [-0.3, -0.25) is 4.79 Å². The van der Waals surface area contributed by atoms with Gasteiger partial charge in [0, 0.05) is 30.2 Å². The maximum absolute atomic E-state index is 12.7. The largest absolute Gasteiger partial charge is 0.378 e. The van der Waals surface area contributed by atoms with Crippen molar-refractivity contribution >= 4 is 39.8 Å². The number of hydrogen-bond donors (Lipinski definition) is 2. The van der Waals surface area contributed by atoms with Crippen LogP contribution in [0.2, 0.25) is 5.02 Å². The lowest BCUT2D eigenvalue weighted by atomic mass is 10.1. The Bertz CT molecular complexity index is 932. The molecule has 0 saturated carbocycles. The van der Waals surface area contributed by atoms with E-state index in [0.717, 1.165) is 40.9 Å². The minimum absolute atomic E-state index is 0.0634. The Hall–Kier alpha value is -2.50. The van der Waals surface area contributed by atoms with Crippen molar-refractivity contribution in [1.29, 1.82) is 0 Å². The fraction of sp³-hybridized carbons (Fsp3) is 0.250. The van der Waals surface area contributed by atoms with E-state index in [-0.39, 0.29) is 5.91 Å². The summed E-state index contributed by atoms with van der Waals surface area (Å²) in [6, 6.07) is 13.6. The highest BCUT2D eigenvalue weighted by Crippen LogP contribution is 2.34. The second-order valence-electron chi connectivity index (χ2n) is 6.32. The van der Waals surface area contributed by atoms with Gasteiger partial charge in [0.25, 0.3) is 0 Å². The summed E-state index contributed by atoms with van der Waals surface area (Å²) >= 11 is 6.43. The molecule has 0 spiro atoms. The molecule has 3 aromatic rings. The lowest BCUT2D eigenvalue weighted by Crippen LogP contribution is -2.37. The molecule has 1 fully saturated rings. The number of carbonyl (C=O) groups is 1. The predicted molar refractivity (Wildman–Crippen MR) is 105 cm³/mol. The first-order chi connectivity index (χ1) is 12.7. The SMILES string of the molecule is O=C(Cc1c[nH]c2ccccc12)Nc1cccc(Cl)c1N1CCOCC1. The number of morpholine rings is 1. The highest BCUT2D eigenvalue weighted by molar-refractivity contribution is 6.34. The van der Waals surface area contributed by atoms with Gasteiger partial charge in [-0.15, -0.1) is 0 Å². The van der Waals surface area contributed by atoms with Crippen molar-refractivity contribution in [2.75, 3.05) is 36.5 Å². The Morgan fingerprint density at radius 1 is 1.15 bits per heavy atom. The second-order valence-corrected chi connectivity index (χ2v) is 6.73. The molecule has 0 aliphatic carbocycles. The summed E-state index contributed by atoms with van der Waals surface area (Å²) < 4.78 is 5.42. The van der Waals surface area contributed by atoms with E-state index in [1.165, 1.54) is 0 Å². The topological polar surface area (TPSA) is 57.4 Å². The van der Waals surface area contributed by atoms with E-state index in [1.54, 1.807) is 0 Å². The van der Waals surface area contributed by atoms with Crippen LogP contribution in [0.25, 0.3) is 10.9 Å². The Labute approximate surface area is 156 Å². The van der Waals surface area contributed by atoms with Crippen LogP contribution in [0.5, 0.6) is 0 Å². The van der Waals surface area contributed by atoms with Crippen LogP contribution in [-0.2, 0) is 16.0 Å². The molecule has 26 heavy (non-hydrogen) atoms. The van der Waals surface area contributed by atoms with E-state index in [1.807, 2.05) is 48.7 Å². The van der Waals surface area contributed by atoms with Crippen molar-refractivity contribution in [1.82, 2.24) is 4.98 Å². The number of aromatic nitrogens is 1. The number of para-hydroxylation sites is 2. The van der Waals surface area contributed by atoms with Crippen molar-refractivity contribution in [2.45, 2.75) is 6.42 Å². The number of carbonyl (C=O) groups excluding carboxylic acids is 1. The highest BCUT2D eigenvalue weighted by atomic mass is 35.5. The highest BCUT2D eigenvalue weighted by Gasteiger charge is 2.19. The van der Waals surface area contributed by atoms with Crippen LogP contribution in [-0.4, -0.2) is 37.2 Å². The van der Waals surface area contributed by atoms with Crippen LogP contribution < -0.4 is 10.2 Å². The molecule has 1 amide bonds. The summed E-state index contributed by atoms with van der Waals surface area (Å²) in [4.78, 5) is 18.0. The number of nitrogens with one attached hydrogen (secondary N) is 2. The Morgan fingerprint density at radius 3 is 2.81 bits per heavy atom. The molecule has 0 unspecified atom stereocenters. The fourth-order valence-electron chi connectivity index (χ4n) is 3.37. The van der Waals surface area contributed by atoms with Crippen LogP contribution in [0.1, 0.15) is 5.56 Å². The van der Waals surface area contributed by atoms with Crippen LogP contribution in [0.4, 0.5) is 11.4 Å². The number of ether oxygens (including phenoxy) is 1. The molecule has 0 bridgehead atoms. The molecule has 5 nitrogen and oxygen atoms in total. The quantitative estimate of drug-likeness (QED) is 0.734. The molecule has 4 rings (SSSR count). The van der Waals surface area contributed by atoms with Crippen molar-refractivity contribution in [3.05, 3.63) is 59.2 Å². The monoisotopic (exact) mass is 369 g/mol. The number of anilines is 2. The van der Waals surface area contributed by atoms with Crippen LogP contribution in [0, 0.1) is 0 Å². The molecule has 1 saturated heterocycles. The molecule has 1 aliphatic heterocycles. The first-order valence-electron chi connectivity index (χ1n) is 8.68. The summed E-state index contributed by atoms with van der Waals surface area (Å²) in [7, 11) is 0. The van der Waals surface area contributed by atoms with E-state index in [2.05, 4.69) is 15.2 Å². The fourth-order valence-corrected chi connectivity index (χ4v) is 3.66. The van der Waals surface area contributed by atoms with Gasteiger partial charge < -0.3 is 19.9 Å². The van der Waals surface area contributed by atoms with Gasteiger partial charge in [0.1, 0.15) is 0 Å². The molecule has 0 radical (unpaired) electrons. The van der Waals surface area contributed by atoms with E-state index in [0.29, 0.717) is 24.7 Å². The minimum atomic E-state index is -0.0634. The summed E-state index contributed by atoms with van der Waals surface area (Å²) in [6.07, 6.45) is 2.20. The number of fused-ring (bicyclic) bond motifs is 1. The number of H-pyrrole nitrogens is 1. The lowest BCUT2D eigenvalue weighted by Gasteiger charge is -2.31. The number of hydrogen-bond acceptors (Lipinski definition) is 3. The van der Waals surface area contributed by atoms with Gasteiger partial charge in [0.2, 0.25) is 5.91 Å². The zero-order chi connectivity index (χ0) is 17.9. The van der Waals surface area contributed by atoms with Crippen LogP contribution >= 0.6 is 11.6 Å². The van der Waals surface area contributed by atoms with E-state index in [9.17, 15) is 4.79 Å². The van der Waals surface area contributed by atoms with Crippen molar-refractivity contribution < 1.29 is 9.53 Å². The maximum Gasteiger partial charge on any atom is 0.228 e. The predicted octanol–water partition coefficient (Wildman–Crippen LogP) is 3.84. The van der Waals surface area contributed by atoms with Crippen LogP contribution in [0.3, 0.4) is 0 Å². The summed E-state index contributed by atoms with van der Waals surface area (Å²) in [5.41, 5.74) is 3.62. The third-order valence-electron chi connectivity index (χ3n) is 4.61. The zero-order valence-corrected chi connectivity index (χ0v) is 15.1. The van der Waals surface area contributed by atoms with Gasteiger partial charge in [0.05, 0.1) is 36.0 Å². The summed E-state index contributed by atoms with van der Waals surface area (Å²) in [6.45, 7) is 2.84. The molecular weight excluding hydrogens is 350 g/mol. The van der Waals surface area contributed by atoms with Gasteiger partial charge in [-0.1, -0.05) is 35.9 Å².